The molecule has 0 bridgehead atoms. The quantitative estimate of drug-likeness (QED) is 0.438. The summed E-state index contributed by atoms with van der Waals surface area (Å²) in [7, 11) is 0. The maximum atomic E-state index is 10.3. The lowest BCUT2D eigenvalue weighted by atomic mass is 10.3. The van der Waals surface area contributed by atoms with Crippen LogP contribution >= 0.6 is 0 Å². The van der Waals surface area contributed by atoms with Crippen molar-refractivity contribution in [2.45, 2.75) is 0 Å². The molecule has 1 heterocycles. The maximum absolute atomic E-state index is 10.3. The van der Waals surface area contributed by atoms with Crippen molar-refractivity contribution in [3.8, 4) is 6.07 Å². The minimum absolute atomic E-state index is 0.116. The average molecular weight is 106 g/mol. The lowest BCUT2D eigenvalue weighted by molar-refractivity contribution is -0.113. The highest BCUT2D eigenvalue weighted by Gasteiger charge is 2.08. The van der Waals surface area contributed by atoms with Gasteiger partial charge in [-0.1, -0.05) is 0 Å². The third kappa shape index (κ3) is 0.521. The van der Waals surface area contributed by atoms with Crippen LogP contribution in [0.15, 0.2) is 16.6 Å². The van der Waals surface area contributed by atoms with Gasteiger partial charge in [-0.05, 0) is 6.08 Å². The zero-order valence-electron chi connectivity index (χ0n) is 3.96. The molecule has 0 unspecified atom stereocenters. The van der Waals surface area contributed by atoms with Gasteiger partial charge in [-0.15, -0.1) is 0 Å². The van der Waals surface area contributed by atoms with Gasteiger partial charge < -0.3 is 0 Å². The Morgan fingerprint density at radius 1 is 1.75 bits per heavy atom. The smallest absolute Gasteiger partial charge is 0.266 e. The number of aliphatic imine (C=N–C) groups is 1. The summed E-state index contributed by atoms with van der Waals surface area (Å²) in [5.74, 6) is -0.437. The SMILES string of the molecule is N#CC1=CC=NC1=O. The van der Waals surface area contributed by atoms with Crippen LogP contribution < -0.4 is 0 Å². The third-order valence-electron chi connectivity index (χ3n) is 0.784. The van der Waals surface area contributed by atoms with E-state index in [4.69, 9.17) is 5.26 Å². The number of rotatable bonds is 0. The molecule has 8 heavy (non-hydrogen) atoms. The number of carbonyl (C=O) groups is 1. The molecule has 3 heteroatoms. The van der Waals surface area contributed by atoms with Crippen molar-refractivity contribution in [3.63, 3.8) is 0 Å². The zero-order valence-corrected chi connectivity index (χ0v) is 3.96. The van der Waals surface area contributed by atoms with Crippen LogP contribution in [0.4, 0.5) is 0 Å². The van der Waals surface area contributed by atoms with Gasteiger partial charge in [0.25, 0.3) is 5.91 Å². The Kier molecular flexibility index (Phi) is 0.935. The second-order valence-electron chi connectivity index (χ2n) is 1.28. The Bertz CT molecular complexity index is 219. The molecular formula is C5H2N2O. The first-order valence-corrected chi connectivity index (χ1v) is 2.03. The van der Waals surface area contributed by atoms with Crippen molar-refractivity contribution in [3.05, 3.63) is 11.6 Å². The topological polar surface area (TPSA) is 53.2 Å². The molecule has 38 valence electrons. The van der Waals surface area contributed by atoms with E-state index in [1.807, 2.05) is 0 Å². The fourth-order valence-corrected chi connectivity index (χ4v) is 0.405. The molecule has 0 N–H and O–H groups in total. The van der Waals surface area contributed by atoms with Gasteiger partial charge in [-0.25, -0.2) is 4.99 Å². The predicted octanol–water partition coefficient (Wildman–Crippen LogP) is 0.0474. The molecular weight excluding hydrogens is 104 g/mol. The Balaban J connectivity index is 2.93. The lowest BCUT2D eigenvalue weighted by Gasteiger charge is -1.74. The summed E-state index contributed by atoms with van der Waals surface area (Å²) in [6.45, 7) is 0. The Labute approximate surface area is 46.0 Å². The molecule has 3 nitrogen and oxygen atoms in total. The molecule has 0 fully saturated rings. The number of nitrogens with zero attached hydrogens (tertiary/aromatic N) is 2. The molecule has 1 aliphatic rings. The summed E-state index contributed by atoms with van der Waals surface area (Å²) in [4.78, 5) is 13.6. The van der Waals surface area contributed by atoms with Crippen LogP contribution in [-0.2, 0) is 4.79 Å². The van der Waals surface area contributed by atoms with Crippen molar-refractivity contribution in [1.82, 2.24) is 0 Å². The van der Waals surface area contributed by atoms with E-state index in [9.17, 15) is 4.79 Å². The Hall–Kier alpha value is -1.43. The van der Waals surface area contributed by atoms with Crippen LogP contribution in [-0.4, -0.2) is 12.1 Å². The van der Waals surface area contributed by atoms with Crippen LogP contribution in [0.5, 0.6) is 0 Å². The summed E-state index contributed by atoms with van der Waals surface area (Å²) in [5, 5.41) is 8.12. The fourth-order valence-electron chi connectivity index (χ4n) is 0.405. The van der Waals surface area contributed by atoms with Gasteiger partial charge in [0.15, 0.2) is 0 Å². The van der Waals surface area contributed by atoms with Gasteiger partial charge in [0.2, 0.25) is 0 Å². The molecule has 0 radical (unpaired) electrons. The number of amides is 1. The molecule has 0 atom stereocenters. The van der Waals surface area contributed by atoms with Crippen LogP contribution in [0.3, 0.4) is 0 Å². The highest BCUT2D eigenvalue weighted by atomic mass is 16.1. The summed E-state index contributed by atoms with van der Waals surface area (Å²) >= 11 is 0. The normalized spacial score (nSPS) is 15.9. The van der Waals surface area contributed by atoms with Crippen LogP contribution in [0, 0.1) is 11.3 Å². The van der Waals surface area contributed by atoms with Crippen molar-refractivity contribution < 1.29 is 4.79 Å². The average Bonchev–Trinajstić information content (AvgIpc) is 2.14. The molecule has 1 rings (SSSR count). The molecule has 0 saturated carbocycles. The molecule has 0 aromatic carbocycles. The number of carbonyl (C=O) groups excluding carboxylic acids is 1. The fraction of sp³-hybridized carbons (Fsp3) is 0. The zero-order chi connectivity index (χ0) is 5.98. The number of hydrogen-bond acceptors (Lipinski definition) is 2. The van der Waals surface area contributed by atoms with Gasteiger partial charge >= 0.3 is 0 Å². The van der Waals surface area contributed by atoms with E-state index in [1.165, 1.54) is 12.3 Å². The minimum atomic E-state index is -0.437. The largest absolute Gasteiger partial charge is 0.287 e. The highest BCUT2D eigenvalue weighted by molar-refractivity contribution is 6.10. The molecule has 0 aromatic heterocycles. The molecule has 1 amide bonds. The first-order valence-electron chi connectivity index (χ1n) is 2.03. The molecule has 0 saturated heterocycles. The van der Waals surface area contributed by atoms with Crippen LogP contribution in [0.2, 0.25) is 0 Å². The molecule has 1 aliphatic heterocycles. The summed E-state index contributed by atoms with van der Waals surface area (Å²) < 4.78 is 0. The standard InChI is InChI=1S/C5H2N2O/c6-3-4-1-2-7-5(4)8/h1-2H. The van der Waals surface area contributed by atoms with Gasteiger partial charge in [-0.3, -0.25) is 4.79 Å². The Morgan fingerprint density at radius 2 is 2.50 bits per heavy atom. The maximum Gasteiger partial charge on any atom is 0.287 e. The van der Waals surface area contributed by atoms with E-state index < -0.39 is 5.91 Å². The molecule has 0 aromatic rings. The first-order chi connectivity index (χ1) is 3.84. The second kappa shape index (κ2) is 1.58. The monoisotopic (exact) mass is 106 g/mol. The van der Waals surface area contributed by atoms with E-state index in [0.29, 0.717) is 0 Å². The van der Waals surface area contributed by atoms with Gasteiger partial charge in [-0.2, -0.15) is 5.26 Å². The predicted molar refractivity (Wildman–Crippen MR) is 27.2 cm³/mol. The van der Waals surface area contributed by atoms with Crippen molar-refractivity contribution in [2.24, 2.45) is 4.99 Å². The van der Waals surface area contributed by atoms with Crippen LogP contribution in [0.1, 0.15) is 0 Å². The van der Waals surface area contributed by atoms with E-state index in [1.54, 1.807) is 6.07 Å². The lowest BCUT2D eigenvalue weighted by Crippen LogP contribution is -1.88. The van der Waals surface area contributed by atoms with E-state index in [0.717, 1.165) is 0 Å². The number of allylic oxidation sites excluding steroid dienone is 1. The van der Waals surface area contributed by atoms with Crippen molar-refractivity contribution in [1.29, 1.82) is 5.26 Å². The van der Waals surface area contributed by atoms with E-state index >= 15 is 0 Å². The number of hydrogen-bond donors (Lipinski definition) is 0. The summed E-state index contributed by atoms with van der Waals surface area (Å²) in [5.41, 5.74) is 0.116. The van der Waals surface area contributed by atoms with Crippen molar-refractivity contribution >= 4 is 12.1 Å². The van der Waals surface area contributed by atoms with Gasteiger partial charge in [0.05, 0.1) is 0 Å². The minimum Gasteiger partial charge on any atom is -0.266 e. The third-order valence-corrected chi connectivity index (χ3v) is 0.784. The Morgan fingerprint density at radius 3 is 2.75 bits per heavy atom. The van der Waals surface area contributed by atoms with Crippen LogP contribution in [0.25, 0.3) is 0 Å². The highest BCUT2D eigenvalue weighted by Crippen LogP contribution is 1.99. The summed E-state index contributed by atoms with van der Waals surface area (Å²) in [6, 6.07) is 1.70. The van der Waals surface area contributed by atoms with Crippen molar-refractivity contribution in [2.75, 3.05) is 0 Å². The number of nitriles is 1. The van der Waals surface area contributed by atoms with Gasteiger partial charge in [0, 0.05) is 6.21 Å². The van der Waals surface area contributed by atoms with E-state index in [2.05, 4.69) is 4.99 Å². The first kappa shape index (κ1) is 4.72. The summed E-state index contributed by atoms with van der Waals surface area (Å²) in [6.07, 6.45) is 2.71. The second-order valence-corrected chi connectivity index (χ2v) is 1.28. The molecule has 0 spiro atoms. The van der Waals surface area contributed by atoms with E-state index in [-0.39, 0.29) is 5.57 Å². The van der Waals surface area contributed by atoms with Gasteiger partial charge in [0.1, 0.15) is 11.6 Å². The molecule has 0 aliphatic carbocycles.